The molecular weight excluding hydrogens is 800 g/mol. The van der Waals surface area contributed by atoms with Crippen molar-refractivity contribution in [2.24, 2.45) is 0 Å². The van der Waals surface area contributed by atoms with Gasteiger partial charge in [-0.1, -0.05) is 0 Å². The zero-order valence-corrected chi connectivity index (χ0v) is 26.1. The smallest absolute Gasteiger partial charge is 1.00 e. The molecule has 0 heterocycles. The minimum absolute atomic E-state index is 0. The molecule has 0 aromatic heterocycles. The van der Waals surface area contributed by atoms with Gasteiger partial charge >= 0.3 is 238 Å². The molecule has 0 fully saturated rings. The predicted octanol–water partition coefficient (Wildman–Crippen LogP) is 3.06. The Morgan fingerprint density at radius 1 is 0.395 bits per heavy atom. The summed E-state index contributed by atoms with van der Waals surface area (Å²) in [7, 11) is 0. The second-order valence-electron chi connectivity index (χ2n) is 9.38. The van der Waals surface area contributed by atoms with E-state index < -0.39 is 99.6 Å². The van der Waals surface area contributed by atoms with Gasteiger partial charge in [-0.25, -0.2) is 0 Å². The quantitative estimate of drug-likeness (QED) is 0.129. The molecule has 4 aromatic carbocycles. The number of halogens is 12. The molecule has 0 N–H and O–H groups in total. The molecule has 0 bridgehead atoms. The number of hydrogen-bond donors (Lipinski definition) is 0. The summed E-state index contributed by atoms with van der Waals surface area (Å²) in [5.74, 6) is -21.3. The van der Waals surface area contributed by atoms with E-state index in [9.17, 15) is 26.3 Å². The molecule has 0 amide bonds. The maximum Gasteiger partial charge on any atom is -1.00 e. The first kappa shape index (κ1) is 33.0. The Bertz CT molecular complexity index is 1660. The van der Waals surface area contributed by atoms with Crippen LogP contribution in [-0.4, -0.2) is 0 Å². The average molecular weight is 812 g/mol. The van der Waals surface area contributed by atoms with E-state index in [1.807, 2.05) is 0 Å². The fourth-order valence-corrected chi connectivity index (χ4v) is 12.6. The maximum absolute atomic E-state index is 15.0. The summed E-state index contributed by atoms with van der Waals surface area (Å²) >= 11 is -2.76. The SMILES string of the molecule is Fc1c(F)c(F)c(C2=Cc3ccccc3[CH]2[Hf+2][CH]2C(c3c(F)c(F)c(F)c(F)c3F)=Cc3ccccc32)c(F)c1F.[Cl-].[Cl-]. The Morgan fingerprint density at radius 3 is 1.00 bits per heavy atom. The molecule has 0 saturated carbocycles. The van der Waals surface area contributed by atoms with Crippen LogP contribution < -0.4 is 24.8 Å². The molecule has 0 radical (unpaired) electrons. The van der Waals surface area contributed by atoms with Crippen molar-refractivity contribution in [1.29, 1.82) is 0 Å². The van der Waals surface area contributed by atoms with Crippen LogP contribution in [0.1, 0.15) is 40.7 Å². The standard InChI is InChI=1S/2C15H6F5.2ClH.Hf/c2*16-11-10(12(17)14(19)15(20)13(11)18)9-5-7-3-1-2-4-8(7)6-9;;;/h2*1-6H;2*1H;/q;;;;+2/p-2. The Labute approximate surface area is 261 Å². The fourth-order valence-electron chi connectivity index (χ4n) is 5.32. The van der Waals surface area contributed by atoms with Crippen LogP contribution in [0.4, 0.5) is 43.9 Å². The zero-order chi connectivity index (χ0) is 29.3. The number of fused-ring (bicyclic) bond motifs is 2. The summed E-state index contributed by atoms with van der Waals surface area (Å²) in [5.41, 5.74) is -0.779. The van der Waals surface area contributed by atoms with E-state index >= 15 is 17.6 Å². The van der Waals surface area contributed by atoms with Crippen molar-refractivity contribution >= 4 is 23.3 Å². The molecule has 2 unspecified atom stereocenters. The van der Waals surface area contributed by atoms with Gasteiger partial charge in [-0.2, -0.15) is 0 Å². The van der Waals surface area contributed by atoms with E-state index in [1.165, 1.54) is 12.2 Å². The maximum atomic E-state index is 15.0. The van der Waals surface area contributed by atoms with Crippen molar-refractivity contribution in [1.82, 2.24) is 0 Å². The van der Waals surface area contributed by atoms with Crippen LogP contribution in [0.15, 0.2) is 48.5 Å². The second-order valence-corrected chi connectivity index (χ2v) is 14.7. The first-order chi connectivity index (χ1) is 19.5. The van der Waals surface area contributed by atoms with Crippen LogP contribution in [0.3, 0.4) is 0 Å². The zero-order valence-electron chi connectivity index (χ0n) is 21.0. The van der Waals surface area contributed by atoms with Crippen molar-refractivity contribution in [2.75, 3.05) is 0 Å². The molecule has 2 aliphatic carbocycles. The van der Waals surface area contributed by atoms with Gasteiger partial charge in [-0.3, -0.25) is 0 Å². The van der Waals surface area contributed by atoms with E-state index in [1.54, 1.807) is 48.5 Å². The van der Waals surface area contributed by atoms with Crippen molar-refractivity contribution in [2.45, 2.75) is 7.35 Å². The van der Waals surface area contributed by atoms with Gasteiger partial charge in [0.1, 0.15) is 0 Å². The van der Waals surface area contributed by atoms with Gasteiger partial charge in [0, 0.05) is 0 Å². The largest absolute Gasteiger partial charge is 1.00 e. The van der Waals surface area contributed by atoms with Gasteiger partial charge in [0.25, 0.3) is 0 Å². The topological polar surface area (TPSA) is 0 Å². The molecule has 2 atom stereocenters. The van der Waals surface area contributed by atoms with E-state index in [4.69, 9.17) is 0 Å². The van der Waals surface area contributed by atoms with Crippen LogP contribution in [0.2, 0.25) is 0 Å². The first-order valence-electron chi connectivity index (χ1n) is 11.9. The minimum atomic E-state index is -2.76. The predicted molar refractivity (Wildman–Crippen MR) is 127 cm³/mol. The average Bonchev–Trinajstić information content (AvgIpc) is 3.51. The summed E-state index contributed by atoms with van der Waals surface area (Å²) in [6.07, 6.45) is 2.60. The molecule has 220 valence electrons. The van der Waals surface area contributed by atoms with Crippen LogP contribution in [0.25, 0.3) is 23.3 Å². The Kier molecular flexibility index (Phi) is 9.40. The third-order valence-electron chi connectivity index (χ3n) is 7.19. The minimum Gasteiger partial charge on any atom is -1.00 e. The van der Waals surface area contributed by atoms with Gasteiger partial charge in [-0.05, 0) is 0 Å². The monoisotopic (exact) mass is 812 g/mol. The molecule has 0 aliphatic heterocycles. The number of allylic oxidation sites excluding steroid dienone is 2. The molecule has 6 rings (SSSR count). The number of rotatable bonds is 4. The summed E-state index contributed by atoms with van der Waals surface area (Å²) in [6, 6.07) is 12.8. The summed E-state index contributed by atoms with van der Waals surface area (Å²) in [5, 5.41) is 0. The third kappa shape index (κ3) is 5.07. The molecule has 4 aromatic rings. The van der Waals surface area contributed by atoms with Crippen LogP contribution in [0.5, 0.6) is 0 Å². The van der Waals surface area contributed by atoms with Crippen LogP contribution in [-0.2, 0) is 22.9 Å². The molecule has 43 heavy (non-hydrogen) atoms. The normalized spacial score (nSPS) is 16.4. The third-order valence-corrected chi connectivity index (χ3v) is 14.1. The van der Waals surface area contributed by atoms with Gasteiger partial charge < -0.3 is 24.8 Å². The first-order valence-corrected chi connectivity index (χ1v) is 16.1. The second kappa shape index (κ2) is 12.2. The van der Waals surface area contributed by atoms with E-state index in [2.05, 4.69) is 0 Å². The number of benzene rings is 4. The molecule has 13 heteroatoms. The van der Waals surface area contributed by atoms with Crippen LogP contribution in [0, 0.1) is 58.2 Å². The molecular formula is C30H12Cl2F10Hf. The van der Waals surface area contributed by atoms with Crippen molar-refractivity contribution in [3.05, 3.63) is 140 Å². The van der Waals surface area contributed by atoms with E-state index in [-0.39, 0.29) is 36.0 Å². The van der Waals surface area contributed by atoms with Crippen molar-refractivity contribution in [3.63, 3.8) is 0 Å². The molecule has 0 saturated heterocycles. The molecule has 0 spiro atoms. The van der Waals surface area contributed by atoms with Gasteiger partial charge in [-0.15, -0.1) is 0 Å². The summed E-state index contributed by atoms with van der Waals surface area (Å²) < 4.78 is 143. The summed E-state index contributed by atoms with van der Waals surface area (Å²) in [6.45, 7) is 0. The van der Waals surface area contributed by atoms with E-state index in [0.717, 1.165) is 0 Å². The van der Waals surface area contributed by atoms with E-state index in [0.29, 0.717) is 22.3 Å². The molecule has 0 nitrogen and oxygen atoms in total. The van der Waals surface area contributed by atoms with Crippen molar-refractivity contribution < 1.29 is 91.6 Å². The Morgan fingerprint density at radius 2 is 0.674 bits per heavy atom. The van der Waals surface area contributed by atoms with Crippen LogP contribution >= 0.6 is 0 Å². The Hall–Kier alpha value is -2.89. The summed E-state index contributed by atoms with van der Waals surface area (Å²) in [4.78, 5) is 0. The van der Waals surface area contributed by atoms with Gasteiger partial charge in [0.2, 0.25) is 0 Å². The van der Waals surface area contributed by atoms with Gasteiger partial charge in [0.15, 0.2) is 0 Å². The number of hydrogen-bond acceptors (Lipinski definition) is 0. The van der Waals surface area contributed by atoms with Gasteiger partial charge in [0.05, 0.1) is 0 Å². The fraction of sp³-hybridized carbons (Fsp3) is 0.0667. The Balaban J connectivity index is 0.00000212. The molecule has 2 aliphatic rings. The van der Waals surface area contributed by atoms with Crippen molar-refractivity contribution in [3.8, 4) is 0 Å².